The Labute approximate surface area is 271 Å². The number of benzene rings is 1. The van der Waals surface area contributed by atoms with Gasteiger partial charge in [0.15, 0.2) is 0 Å². The molecule has 12 heteroatoms. The molecule has 4 amide bonds. The molecule has 1 aromatic heterocycles. The van der Waals surface area contributed by atoms with E-state index in [1.165, 1.54) is 12.1 Å². The fourth-order valence-electron chi connectivity index (χ4n) is 6.38. The third-order valence-electron chi connectivity index (χ3n) is 9.33. The molecule has 2 fully saturated rings. The molecule has 2 aliphatic rings. The third-order valence-corrected chi connectivity index (χ3v) is 9.33. The number of aromatic nitrogens is 2. The van der Waals surface area contributed by atoms with Crippen LogP contribution in [0.25, 0.3) is 0 Å². The molecule has 3 N–H and O–H groups in total. The van der Waals surface area contributed by atoms with Crippen LogP contribution in [0.2, 0.25) is 0 Å². The second kappa shape index (κ2) is 16.2. The first-order valence-corrected chi connectivity index (χ1v) is 16.7. The van der Waals surface area contributed by atoms with Gasteiger partial charge in [-0.15, -0.1) is 0 Å². The van der Waals surface area contributed by atoms with Gasteiger partial charge in [-0.1, -0.05) is 45.6 Å². The van der Waals surface area contributed by atoms with E-state index in [9.17, 15) is 19.2 Å². The van der Waals surface area contributed by atoms with Crippen molar-refractivity contribution in [1.29, 1.82) is 0 Å². The number of rotatable bonds is 11. The molecular formula is C34H50FN7O4. The number of hydrogen-bond donors (Lipinski definition) is 3. The highest BCUT2D eigenvalue weighted by atomic mass is 19.1. The zero-order valence-electron chi connectivity index (χ0n) is 27.9. The number of anilines is 1. The fraction of sp³-hybridized carbons (Fsp3) is 0.618. The zero-order valence-corrected chi connectivity index (χ0v) is 27.9. The Morgan fingerprint density at radius 3 is 2.24 bits per heavy atom. The van der Waals surface area contributed by atoms with Crippen molar-refractivity contribution in [3.63, 3.8) is 0 Å². The number of piperazine rings is 1. The summed E-state index contributed by atoms with van der Waals surface area (Å²) in [5, 5.41) is 12.8. The highest BCUT2D eigenvalue weighted by Gasteiger charge is 2.34. The Kier molecular flexibility index (Phi) is 12.3. The smallest absolute Gasteiger partial charge is 0.270 e. The van der Waals surface area contributed by atoms with Crippen molar-refractivity contribution in [3.8, 4) is 0 Å². The van der Waals surface area contributed by atoms with Gasteiger partial charge in [-0.2, -0.15) is 5.10 Å². The van der Waals surface area contributed by atoms with Crippen LogP contribution in [0.4, 0.5) is 10.1 Å². The molecule has 3 atom stereocenters. The maximum absolute atomic E-state index is 15.7. The van der Waals surface area contributed by atoms with E-state index in [1.807, 2.05) is 20.9 Å². The summed E-state index contributed by atoms with van der Waals surface area (Å²) in [5.74, 6) is -2.60. The lowest BCUT2D eigenvalue weighted by Crippen LogP contribution is -2.55. The van der Waals surface area contributed by atoms with E-state index in [-0.39, 0.29) is 35.9 Å². The Morgan fingerprint density at radius 2 is 1.63 bits per heavy atom. The number of hydrogen-bond acceptors (Lipinski definition) is 6. The van der Waals surface area contributed by atoms with Crippen LogP contribution in [-0.4, -0.2) is 88.5 Å². The average molecular weight is 640 g/mol. The van der Waals surface area contributed by atoms with Crippen LogP contribution in [0.3, 0.4) is 0 Å². The number of likely N-dealkylation sites (N-methyl/N-ethyl adjacent to an activating group) is 1. The molecule has 1 unspecified atom stereocenters. The van der Waals surface area contributed by atoms with Crippen molar-refractivity contribution in [3.05, 3.63) is 47.5 Å². The maximum Gasteiger partial charge on any atom is 0.270 e. The summed E-state index contributed by atoms with van der Waals surface area (Å²) in [6, 6.07) is 4.34. The maximum atomic E-state index is 15.7. The van der Waals surface area contributed by atoms with E-state index in [0.717, 1.165) is 51.6 Å². The molecule has 0 bridgehead atoms. The predicted octanol–water partition coefficient (Wildman–Crippen LogP) is 4.08. The van der Waals surface area contributed by atoms with Gasteiger partial charge in [0.2, 0.25) is 17.7 Å². The number of nitrogens with one attached hydrogen (secondary N) is 3. The van der Waals surface area contributed by atoms with E-state index >= 15 is 4.39 Å². The topological polar surface area (TPSA) is 129 Å². The molecule has 1 aliphatic heterocycles. The quantitative estimate of drug-likeness (QED) is 0.318. The number of amides is 4. The van der Waals surface area contributed by atoms with Gasteiger partial charge in [0.05, 0.1) is 5.69 Å². The standard InChI is InChI=1S/C34H50FN7O4/c1-6-29(43)38-30(34(46)41-19-17-40(5)18-20-41)23(4)25-13-14-27(26(35)21-25)37-33(45)31(24-11-9-7-8-10-12-24)39-32(44)28-15-16-36-42(28)22(2)3/h13-16,21-24,30-31H,6-12,17-20H2,1-5H3,(H,37,45)(H,38,43)(H,39,44)/t23-,30+,31?/m0/s1. The van der Waals surface area contributed by atoms with Crippen LogP contribution in [0.5, 0.6) is 0 Å². The summed E-state index contributed by atoms with van der Waals surface area (Å²) in [5.41, 5.74) is 0.873. The summed E-state index contributed by atoms with van der Waals surface area (Å²) in [7, 11) is 2.00. The van der Waals surface area contributed by atoms with Gasteiger partial charge in [0, 0.05) is 50.8 Å². The van der Waals surface area contributed by atoms with Crippen LogP contribution in [0.1, 0.15) is 101 Å². The van der Waals surface area contributed by atoms with Crippen molar-refractivity contribution in [1.82, 2.24) is 30.2 Å². The molecule has 46 heavy (non-hydrogen) atoms. The Hall–Kier alpha value is -3.80. The average Bonchev–Trinajstić information content (AvgIpc) is 3.40. The molecule has 2 aromatic rings. The minimum atomic E-state index is -0.857. The molecule has 1 aromatic carbocycles. The van der Waals surface area contributed by atoms with Gasteiger partial charge in [-0.3, -0.25) is 23.9 Å². The van der Waals surface area contributed by atoms with Gasteiger partial charge in [0.1, 0.15) is 23.6 Å². The molecule has 0 spiro atoms. The number of carbonyl (C=O) groups excluding carboxylic acids is 4. The molecule has 1 saturated carbocycles. The van der Waals surface area contributed by atoms with Crippen molar-refractivity contribution in [2.75, 3.05) is 38.5 Å². The lowest BCUT2D eigenvalue weighted by molar-refractivity contribution is -0.138. The molecular weight excluding hydrogens is 589 g/mol. The Balaban J connectivity index is 1.53. The first-order chi connectivity index (χ1) is 22.0. The summed E-state index contributed by atoms with van der Waals surface area (Å²) in [6.45, 7) is 9.95. The Morgan fingerprint density at radius 1 is 0.957 bits per heavy atom. The Bertz CT molecular complexity index is 1360. The first-order valence-electron chi connectivity index (χ1n) is 16.7. The lowest BCUT2D eigenvalue weighted by atomic mass is 9.90. The van der Waals surface area contributed by atoms with Crippen LogP contribution in [0.15, 0.2) is 30.5 Å². The number of halogens is 1. The van der Waals surface area contributed by atoms with Crippen molar-refractivity contribution < 1.29 is 23.6 Å². The largest absolute Gasteiger partial charge is 0.344 e. The highest BCUT2D eigenvalue weighted by molar-refractivity contribution is 6.00. The summed E-state index contributed by atoms with van der Waals surface area (Å²) in [6.07, 6.45) is 7.41. The van der Waals surface area contributed by atoms with E-state index < -0.39 is 35.6 Å². The lowest BCUT2D eigenvalue weighted by Gasteiger charge is -2.36. The first kappa shape index (κ1) is 35.1. The molecule has 1 saturated heterocycles. The zero-order chi connectivity index (χ0) is 33.4. The van der Waals surface area contributed by atoms with Crippen LogP contribution in [-0.2, 0) is 14.4 Å². The van der Waals surface area contributed by atoms with E-state index in [4.69, 9.17) is 0 Å². The van der Waals surface area contributed by atoms with Crippen molar-refractivity contribution >= 4 is 29.3 Å². The molecule has 2 heterocycles. The van der Waals surface area contributed by atoms with Crippen molar-refractivity contribution in [2.24, 2.45) is 5.92 Å². The molecule has 11 nitrogen and oxygen atoms in total. The monoisotopic (exact) mass is 639 g/mol. The van der Waals surface area contributed by atoms with E-state index in [2.05, 4.69) is 25.9 Å². The van der Waals surface area contributed by atoms with Crippen molar-refractivity contribution in [2.45, 2.75) is 96.7 Å². The number of carbonyl (C=O) groups is 4. The minimum absolute atomic E-state index is 0.0134. The van der Waals surface area contributed by atoms with Gasteiger partial charge < -0.3 is 25.8 Å². The van der Waals surface area contributed by atoms with Gasteiger partial charge in [-0.25, -0.2) is 4.39 Å². The van der Waals surface area contributed by atoms with E-state index in [0.29, 0.717) is 24.3 Å². The molecule has 252 valence electrons. The van der Waals surface area contributed by atoms with Gasteiger partial charge >= 0.3 is 0 Å². The summed E-state index contributed by atoms with van der Waals surface area (Å²) >= 11 is 0. The molecule has 4 rings (SSSR count). The van der Waals surface area contributed by atoms with E-state index in [1.54, 1.807) is 41.8 Å². The normalized spacial score (nSPS) is 18.4. The SMILES string of the molecule is CCC(=O)N[C@@H](C(=O)N1CCN(C)CC1)[C@@H](C)c1ccc(NC(=O)C(NC(=O)c2ccnn2C(C)C)C2CCCCCC2)c(F)c1. The second-order valence-electron chi connectivity index (χ2n) is 13.0. The van der Waals surface area contributed by atoms with Gasteiger partial charge in [0.25, 0.3) is 5.91 Å². The van der Waals surface area contributed by atoms with Crippen LogP contribution in [0, 0.1) is 11.7 Å². The molecule has 0 radical (unpaired) electrons. The summed E-state index contributed by atoms with van der Waals surface area (Å²) < 4.78 is 17.3. The highest BCUT2D eigenvalue weighted by Crippen LogP contribution is 2.29. The predicted molar refractivity (Wildman–Crippen MR) is 175 cm³/mol. The summed E-state index contributed by atoms with van der Waals surface area (Å²) in [4.78, 5) is 57.0. The minimum Gasteiger partial charge on any atom is -0.344 e. The second-order valence-corrected chi connectivity index (χ2v) is 13.0. The van der Waals surface area contributed by atoms with Crippen LogP contribution >= 0.6 is 0 Å². The van der Waals surface area contributed by atoms with Crippen LogP contribution < -0.4 is 16.0 Å². The molecule has 1 aliphatic carbocycles. The third kappa shape index (κ3) is 8.71. The fourth-order valence-corrected chi connectivity index (χ4v) is 6.38. The van der Waals surface area contributed by atoms with Gasteiger partial charge in [-0.05, 0) is 63.4 Å². The number of nitrogens with zero attached hydrogens (tertiary/aromatic N) is 4.